The normalized spacial score (nSPS) is 11.2. The first-order valence-corrected chi connectivity index (χ1v) is 7.61. The molecule has 7 heteroatoms. The van der Waals surface area contributed by atoms with Crippen molar-refractivity contribution in [2.24, 2.45) is 0 Å². The van der Waals surface area contributed by atoms with Gasteiger partial charge in [0.25, 0.3) is 10.0 Å². The number of benzene rings is 2. The van der Waals surface area contributed by atoms with Crippen LogP contribution in [0.25, 0.3) is 0 Å². The van der Waals surface area contributed by atoms with Crippen LogP contribution in [0.3, 0.4) is 0 Å². The molecular weight excluding hydrogens is 300 g/mol. The molecule has 0 radical (unpaired) electrons. The summed E-state index contributed by atoms with van der Waals surface area (Å²) >= 11 is 0. The van der Waals surface area contributed by atoms with Gasteiger partial charge in [-0.25, -0.2) is 17.2 Å². The van der Waals surface area contributed by atoms with E-state index in [2.05, 4.69) is 4.72 Å². The first-order valence-electron chi connectivity index (χ1n) is 6.13. The highest BCUT2D eigenvalue weighted by atomic mass is 32.2. The Labute approximate surface area is 121 Å². The molecule has 0 bridgehead atoms. The van der Waals surface area contributed by atoms with E-state index < -0.39 is 21.7 Å². The Morgan fingerprint density at radius 2 is 1.71 bits per heavy atom. The molecule has 0 spiro atoms. The maximum atomic E-state index is 13.1. The number of hydrogen-bond donors (Lipinski definition) is 1. The van der Waals surface area contributed by atoms with Gasteiger partial charge < -0.3 is 4.74 Å². The van der Waals surface area contributed by atoms with E-state index >= 15 is 0 Å². The van der Waals surface area contributed by atoms with Gasteiger partial charge in [-0.2, -0.15) is 0 Å². The minimum absolute atomic E-state index is 0.295. The zero-order chi connectivity index (χ0) is 15.5. The van der Waals surface area contributed by atoms with Gasteiger partial charge in [0, 0.05) is 5.69 Å². The zero-order valence-corrected chi connectivity index (χ0v) is 12.0. The molecule has 0 unspecified atom stereocenters. The third kappa shape index (κ3) is 3.69. The van der Waals surface area contributed by atoms with Crippen LogP contribution < -0.4 is 9.46 Å². The van der Waals surface area contributed by atoms with Crippen molar-refractivity contribution in [1.82, 2.24) is 0 Å². The summed E-state index contributed by atoms with van der Waals surface area (Å²) in [6, 6.07) is 8.63. The Morgan fingerprint density at radius 1 is 1.05 bits per heavy atom. The first kappa shape index (κ1) is 15.2. The lowest BCUT2D eigenvalue weighted by molar-refractivity contribution is 0.340. The van der Waals surface area contributed by atoms with Crippen LogP contribution in [0.5, 0.6) is 5.75 Å². The van der Waals surface area contributed by atoms with Crippen molar-refractivity contribution < 1.29 is 21.9 Å². The van der Waals surface area contributed by atoms with Crippen molar-refractivity contribution in [3.8, 4) is 5.75 Å². The minimum Gasteiger partial charge on any atom is -0.494 e. The van der Waals surface area contributed by atoms with Crippen molar-refractivity contribution >= 4 is 15.7 Å². The third-order valence-electron chi connectivity index (χ3n) is 2.62. The molecular formula is C14H13F2NO3S. The maximum Gasteiger partial charge on any atom is 0.261 e. The average molecular weight is 313 g/mol. The van der Waals surface area contributed by atoms with Crippen molar-refractivity contribution in [2.45, 2.75) is 11.8 Å². The van der Waals surface area contributed by atoms with E-state index in [1.807, 2.05) is 6.92 Å². The summed E-state index contributed by atoms with van der Waals surface area (Å²) in [6.07, 6.45) is 0. The molecule has 2 aromatic carbocycles. The number of nitrogens with one attached hydrogen (secondary N) is 1. The summed E-state index contributed by atoms with van der Waals surface area (Å²) in [5, 5.41) is 0. The highest BCUT2D eigenvalue weighted by Crippen LogP contribution is 2.20. The van der Waals surface area contributed by atoms with Gasteiger partial charge in [0.15, 0.2) is 11.6 Å². The lowest BCUT2D eigenvalue weighted by atomic mass is 10.3. The highest BCUT2D eigenvalue weighted by Gasteiger charge is 2.16. The van der Waals surface area contributed by atoms with Gasteiger partial charge in [-0.3, -0.25) is 4.72 Å². The first-order chi connectivity index (χ1) is 9.92. The Hall–Kier alpha value is -2.15. The topological polar surface area (TPSA) is 55.4 Å². The molecule has 112 valence electrons. The smallest absolute Gasteiger partial charge is 0.261 e. The van der Waals surface area contributed by atoms with Gasteiger partial charge in [0.05, 0.1) is 11.5 Å². The fourth-order valence-corrected chi connectivity index (χ4v) is 2.71. The predicted molar refractivity (Wildman–Crippen MR) is 74.8 cm³/mol. The molecule has 1 N–H and O–H groups in total. The van der Waals surface area contributed by atoms with E-state index in [9.17, 15) is 17.2 Å². The second kappa shape index (κ2) is 6.09. The number of hydrogen-bond acceptors (Lipinski definition) is 3. The molecule has 0 aromatic heterocycles. The molecule has 0 aliphatic heterocycles. The zero-order valence-electron chi connectivity index (χ0n) is 11.1. The van der Waals surface area contributed by atoms with Gasteiger partial charge >= 0.3 is 0 Å². The number of halogens is 2. The van der Waals surface area contributed by atoms with E-state index in [4.69, 9.17) is 4.74 Å². The Bertz CT molecular complexity index is 730. The summed E-state index contributed by atoms with van der Waals surface area (Å²) in [6.45, 7) is 2.33. The molecule has 21 heavy (non-hydrogen) atoms. The SMILES string of the molecule is CCOc1ccc(NS(=O)(=O)c2ccc(F)c(F)c2)cc1. The largest absolute Gasteiger partial charge is 0.494 e. The van der Waals surface area contributed by atoms with Crippen LogP contribution in [0.15, 0.2) is 47.4 Å². The van der Waals surface area contributed by atoms with Crippen LogP contribution in [0.4, 0.5) is 14.5 Å². The lowest BCUT2D eigenvalue weighted by Gasteiger charge is -2.09. The Balaban J connectivity index is 2.22. The minimum atomic E-state index is -3.98. The summed E-state index contributed by atoms with van der Waals surface area (Å²) in [5.74, 6) is -1.71. The number of rotatable bonds is 5. The van der Waals surface area contributed by atoms with Crippen LogP contribution >= 0.6 is 0 Å². The fraction of sp³-hybridized carbons (Fsp3) is 0.143. The molecule has 0 aliphatic carbocycles. The maximum absolute atomic E-state index is 13.1. The number of sulfonamides is 1. The average Bonchev–Trinajstić information content (AvgIpc) is 2.44. The summed E-state index contributed by atoms with van der Waals surface area (Å²) in [7, 11) is -3.98. The van der Waals surface area contributed by atoms with Gasteiger partial charge in [0.2, 0.25) is 0 Å². The van der Waals surface area contributed by atoms with Gasteiger partial charge in [-0.1, -0.05) is 0 Å². The molecule has 2 rings (SSSR count). The van der Waals surface area contributed by atoms with E-state index in [0.29, 0.717) is 24.1 Å². The predicted octanol–water partition coefficient (Wildman–Crippen LogP) is 3.16. The fourth-order valence-electron chi connectivity index (χ4n) is 1.64. The molecule has 2 aromatic rings. The molecule has 0 atom stereocenters. The quantitative estimate of drug-likeness (QED) is 0.922. The van der Waals surface area contributed by atoms with Crippen LogP contribution in [0, 0.1) is 11.6 Å². The van der Waals surface area contributed by atoms with Crippen LogP contribution in [0.2, 0.25) is 0 Å². The molecule has 0 saturated carbocycles. The van der Waals surface area contributed by atoms with Crippen LogP contribution in [0.1, 0.15) is 6.92 Å². The summed E-state index contributed by atoms with van der Waals surface area (Å²) in [5.41, 5.74) is 0.295. The highest BCUT2D eigenvalue weighted by molar-refractivity contribution is 7.92. The second-order valence-electron chi connectivity index (χ2n) is 4.14. The number of ether oxygens (including phenoxy) is 1. The van der Waals surface area contributed by atoms with Crippen molar-refractivity contribution in [1.29, 1.82) is 0 Å². The monoisotopic (exact) mass is 313 g/mol. The van der Waals surface area contributed by atoms with Crippen LogP contribution in [-0.4, -0.2) is 15.0 Å². The lowest BCUT2D eigenvalue weighted by Crippen LogP contribution is -2.13. The summed E-state index contributed by atoms with van der Waals surface area (Å²) in [4.78, 5) is -0.352. The Morgan fingerprint density at radius 3 is 2.29 bits per heavy atom. The second-order valence-corrected chi connectivity index (χ2v) is 5.82. The van der Waals surface area contributed by atoms with E-state index in [0.717, 1.165) is 12.1 Å². The van der Waals surface area contributed by atoms with Crippen LogP contribution in [-0.2, 0) is 10.0 Å². The van der Waals surface area contributed by atoms with Crippen molar-refractivity contribution in [3.63, 3.8) is 0 Å². The molecule has 4 nitrogen and oxygen atoms in total. The van der Waals surface area contributed by atoms with E-state index in [-0.39, 0.29) is 4.90 Å². The third-order valence-corrected chi connectivity index (χ3v) is 4.00. The molecule has 0 heterocycles. The molecule has 0 amide bonds. The van der Waals surface area contributed by atoms with Gasteiger partial charge in [-0.15, -0.1) is 0 Å². The van der Waals surface area contributed by atoms with E-state index in [1.54, 1.807) is 12.1 Å². The standard InChI is InChI=1S/C14H13F2NO3S/c1-2-20-11-5-3-10(4-6-11)17-21(18,19)12-7-8-13(15)14(16)9-12/h3-9,17H,2H2,1H3. The molecule has 0 saturated heterocycles. The Kier molecular flexibility index (Phi) is 4.42. The van der Waals surface area contributed by atoms with Gasteiger partial charge in [0.1, 0.15) is 5.75 Å². The molecule has 0 aliphatic rings. The number of anilines is 1. The van der Waals surface area contributed by atoms with Gasteiger partial charge in [-0.05, 0) is 49.4 Å². The van der Waals surface area contributed by atoms with Crippen molar-refractivity contribution in [2.75, 3.05) is 11.3 Å². The summed E-state index contributed by atoms with van der Waals surface area (Å²) < 4.78 is 57.5. The molecule has 0 fully saturated rings. The van der Waals surface area contributed by atoms with Crippen molar-refractivity contribution in [3.05, 3.63) is 54.1 Å². The van der Waals surface area contributed by atoms with E-state index in [1.165, 1.54) is 12.1 Å².